The van der Waals surface area contributed by atoms with Gasteiger partial charge in [0.2, 0.25) is 0 Å². The summed E-state index contributed by atoms with van der Waals surface area (Å²) in [7, 11) is 0. The molecule has 7 heteroatoms. The third-order valence-electron chi connectivity index (χ3n) is 4.47. The number of hydrogen-bond donors (Lipinski definition) is 2. The van der Waals surface area contributed by atoms with Crippen LogP contribution >= 0.6 is 24.0 Å². The largest absolute Gasteiger partial charge is 0.494 e. The van der Waals surface area contributed by atoms with Gasteiger partial charge in [-0.15, -0.1) is 24.0 Å². The molecule has 6 nitrogen and oxygen atoms in total. The number of rotatable bonds is 9. The second-order valence-electron chi connectivity index (χ2n) is 6.67. The average Bonchev–Trinajstić information content (AvgIpc) is 2.66. The van der Waals surface area contributed by atoms with E-state index in [2.05, 4.69) is 36.3 Å². The van der Waals surface area contributed by atoms with E-state index in [9.17, 15) is 0 Å². The van der Waals surface area contributed by atoms with E-state index in [4.69, 9.17) is 14.5 Å². The van der Waals surface area contributed by atoms with Gasteiger partial charge >= 0.3 is 0 Å². The predicted molar refractivity (Wildman–Crippen MR) is 122 cm³/mol. The number of nitrogens with one attached hydrogen (secondary N) is 2. The number of ether oxygens (including phenoxy) is 2. The Bertz CT molecular complexity index is 530. The first-order valence-electron chi connectivity index (χ1n) is 9.74. The highest BCUT2D eigenvalue weighted by Crippen LogP contribution is 2.11. The molecule has 0 radical (unpaired) electrons. The summed E-state index contributed by atoms with van der Waals surface area (Å²) in [5.41, 5.74) is 0. The van der Waals surface area contributed by atoms with E-state index in [0.29, 0.717) is 18.7 Å². The minimum atomic E-state index is 0. The Morgan fingerprint density at radius 1 is 1.33 bits per heavy atom. The van der Waals surface area contributed by atoms with Crippen LogP contribution in [0, 0.1) is 0 Å². The molecule has 0 amide bonds. The average molecular weight is 490 g/mol. The molecule has 0 bridgehead atoms. The van der Waals surface area contributed by atoms with Crippen LogP contribution in [0.1, 0.15) is 27.2 Å². The Kier molecular flexibility index (Phi) is 12.4. The van der Waals surface area contributed by atoms with Crippen LogP contribution in [-0.4, -0.2) is 68.9 Å². The maximum Gasteiger partial charge on any atom is 0.191 e. The van der Waals surface area contributed by atoms with E-state index < -0.39 is 0 Å². The van der Waals surface area contributed by atoms with Gasteiger partial charge < -0.3 is 20.1 Å². The third-order valence-corrected chi connectivity index (χ3v) is 4.47. The lowest BCUT2D eigenvalue weighted by molar-refractivity contribution is -0.0165. The van der Waals surface area contributed by atoms with Crippen molar-refractivity contribution in [3.05, 3.63) is 30.3 Å². The van der Waals surface area contributed by atoms with Gasteiger partial charge in [0.25, 0.3) is 0 Å². The zero-order valence-electron chi connectivity index (χ0n) is 16.8. The highest BCUT2D eigenvalue weighted by atomic mass is 127. The Balaban J connectivity index is 0.00000364. The summed E-state index contributed by atoms with van der Waals surface area (Å²) in [6.07, 6.45) is 0.926. The van der Waals surface area contributed by atoms with Crippen LogP contribution in [0.2, 0.25) is 0 Å². The molecule has 2 rings (SSSR count). The van der Waals surface area contributed by atoms with Crippen LogP contribution in [-0.2, 0) is 4.74 Å². The molecule has 2 unspecified atom stereocenters. The van der Waals surface area contributed by atoms with Crippen molar-refractivity contribution in [1.82, 2.24) is 15.5 Å². The lowest BCUT2D eigenvalue weighted by Crippen LogP contribution is -2.49. The monoisotopic (exact) mass is 490 g/mol. The number of nitrogens with zero attached hydrogens (tertiary/aromatic N) is 2. The van der Waals surface area contributed by atoms with Gasteiger partial charge in [0.1, 0.15) is 5.75 Å². The first kappa shape index (κ1) is 24.0. The van der Waals surface area contributed by atoms with Crippen LogP contribution in [0.5, 0.6) is 5.75 Å². The molecule has 2 atom stereocenters. The zero-order chi connectivity index (χ0) is 18.6. The summed E-state index contributed by atoms with van der Waals surface area (Å²) in [6.45, 7) is 12.3. The Labute approximate surface area is 181 Å². The van der Waals surface area contributed by atoms with Crippen LogP contribution in [0.25, 0.3) is 0 Å². The Morgan fingerprint density at radius 2 is 2.11 bits per heavy atom. The Morgan fingerprint density at radius 3 is 2.81 bits per heavy atom. The molecule has 1 heterocycles. The van der Waals surface area contributed by atoms with E-state index in [-0.39, 0.29) is 24.0 Å². The van der Waals surface area contributed by atoms with Crippen molar-refractivity contribution in [3.8, 4) is 5.75 Å². The summed E-state index contributed by atoms with van der Waals surface area (Å²) < 4.78 is 11.2. The molecule has 0 spiro atoms. The normalized spacial score (nSPS) is 19.1. The van der Waals surface area contributed by atoms with Gasteiger partial charge in [-0.3, -0.25) is 9.89 Å². The maximum atomic E-state index is 5.72. The predicted octanol–water partition coefficient (Wildman–Crippen LogP) is 2.74. The fourth-order valence-electron chi connectivity index (χ4n) is 3.05. The van der Waals surface area contributed by atoms with E-state index in [0.717, 1.165) is 57.5 Å². The minimum Gasteiger partial charge on any atom is -0.494 e. The van der Waals surface area contributed by atoms with Crippen molar-refractivity contribution in [1.29, 1.82) is 0 Å². The quantitative estimate of drug-likeness (QED) is 0.241. The molecule has 1 aromatic rings. The molecule has 1 fully saturated rings. The smallest absolute Gasteiger partial charge is 0.191 e. The molecule has 1 aromatic carbocycles. The van der Waals surface area contributed by atoms with Crippen LogP contribution in [0.15, 0.2) is 35.3 Å². The molecule has 0 saturated carbocycles. The van der Waals surface area contributed by atoms with Crippen molar-refractivity contribution in [3.63, 3.8) is 0 Å². The number of halogens is 1. The third kappa shape index (κ3) is 9.12. The fourth-order valence-corrected chi connectivity index (χ4v) is 3.05. The number of morpholine rings is 1. The van der Waals surface area contributed by atoms with E-state index >= 15 is 0 Å². The molecule has 1 aliphatic heterocycles. The number of hydrogen-bond acceptors (Lipinski definition) is 4. The second-order valence-corrected chi connectivity index (χ2v) is 6.67. The zero-order valence-corrected chi connectivity index (χ0v) is 19.1. The van der Waals surface area contributed by atoms with Gasteiger partial charge in [-0.25, -0.2) is 0 Å². The molecule has 1 aliphatic rings. The highest BCUT2D eigenvalue weighted by molar-refractivity contribution is 14.0. The summed E-state index contributed by atoms with van der Waals surface area (Å²) in [5, 5.41) is 6.71. The lowest BCUT2D eigenvalue weighted by Gasteiger charge is -2.37. The molecule has 1 saturated heterocycles. The van der Waals surface area contributed by atoms with Crippen molar-refractivity contribution in [2.45, 2.75) is 39.3 Å². The summed E-state index contributed by atoms with van der Waals surface area (Å²) >= 11 is 0. The molecular formula is C20H35IN4O2. The van der Waals surface area contributed by atoms with Crippen LogP contribution in [0.3, 0.4) is 0 Å². The van der Waals surface area contributed by atoms with Gasteiger partial charge in [0.05, 0.1) is 26.4 Å². The summed E-state index contributed by atoms with van der Waals surface area (Å²) in [4.78, 5) is 7.23. The number of aliphatic imine (C=N–C) groups is 1. The standard InChI is InChI=1S/C20H34N4O2.HI/c1-4-21-20(22-11-8-13-26-19-9-6-5-7-10-19)23-15-17(2)24-12-14-25-16-18(24)3;/h5-7,9-10,17-18H,4,8,11-16H2,1-3H3,(H2,21,22,23);1H. The summed E-state index contributed by atoms with van der Waals surface area (Å²) in [6, 6.07) is 10.8. The molecule has 0 aliphatic carbocycles. The molecule has 2 N–H and O–H groups in total. The van der Waals surface area contributed by atoms with Gasteiger partial charge in [-0.1, -0.05) is 18.2 Å². The van der Waals surface area contributed by atoms with E-state index in [1.807, 2.05) is 30.3 Å². The van der Waals surface area contributed by atoms with Gasteiger partial charge in [-0.05, 0) is 39.3 Å². The van der Waals surface area contributed by atoms with Crippen LogP contribution in [0.4, 0.5) is 0 Å². The van der Waals surface area contributed by atoms with Crippen molar-refractivity contribution in [2.24, 2.45) is 4.99 Å². The van der Waals surface area contributed by atoms with E-state index in [1.165, 1.54) is 0 Å². The van der Waals surface area contributed by atoms with Crippen molar-refractivity contribution >= 4 is 29.9 Å². The first-order chi connectivity index (χ1) is 12.7. The molecule has 154 valence electrons. The minimum absolute atomic E-state index is 0. The van der Waals surface area contributed by atoms with Crippen molar-refractivity contribution in [2.75, 3.05) is 46.0 Å². The topological polar surface area (TPSA) is 58.1 Å². The fraction of sp³-hybridized carbons (Fsp3) is 0.650. The molecular weight excluding hydrogens is 455 g/mol. The maximum absolute atomic E-state index is 5.72. The number of para-hydroxylation sites is 1. The Hall–Kier alpha value is -1.06. The van der Waals surface area contributed by atoms with Gasteiger partial charge in [-0.2, -0.15) is 0 Å². The second kappa shape index (κ2) is 14.0. The van der Waals surface area contributed by atoms with Crippen molar-refractivity contribution < 1.29 is 9.47 Å². The number of benzene rings is 1. The van der Waals surface area contributed by atoms with Crippen LogP contribution < -0.4 is 15.4 Å². The van der Waals surface area contributed by atoms with E-state index in [1.54, 1.807) is 0 Å². The number of guanidine groups is 1. The first-order valence-corrected chi connectivity index (χ1v) is 9.74. The summed E-state index contributed by atoms with van der Waals surface area (Å²) in [5.74, 6) is 1.79. The molecule has 27 heavy (non-hydrogen) atoms. The van der Waals surface area contributed by atoms with Gasteiger partial charge in [0.15, 0.2) is 5.96 Å². The lowest BCUT2D eigenvalue weighted by atomic mass is 10.2. The SMILES string of the molecule is CCNC(=NCC(C)N1CCOCC1C)NCCCOc1ccccc1.I. The highest BCUT2D eigenvalue weighted by Gasteiger charge is 2.23. The molecule has 0 aromatic heterocycles. The van der Waals surface area contributed by atoms with Gasteiger partial charge in [0, 0.05) is 31.7 Å².